The molecule has 1 fully saturated rings. The van der Waals surface area contributed by atoms with Crippen molar-refractivity contribution in [2.45, 2.75) is 18.6 Å². The first-order valence-corrected chi connectivity index (χ1v) is 9.38. The molecule has 2 heterocycles. The van der Waals surface area contributed by atoms with Gasteiger partial charge in [-0.05, 0) is 18.6 Å². The van der Waals surface area contributed by atoms with Crippen molar-refractivity contribution in [2.75, 3.05) is 18.6 Å². The van der Waals surface area contributed by atoms with E-state index in [1.165, 1.54) is 36.2 Å². The highest BCUT2D eigenvalue weighted by Gasteiger charge is 2.38. The number of hydrogen-bond acceptors (Lipinski definition) is 6. The van der Waals surface area contributed by atoms with Crippen LogP contribution in [-0.4, -0.2) is 54.0 Å². The summed E-state index contributed by atoms with van der Waals surface area (Å²) in [5.41, 5.74) is 0.534. The molecule has 1 aromatic carbocycles. The van der Waals surface area contributed by atoms with Crippen molar-refractivity contribution < 1.29 is 30.9 Å². The molecule has 1 atom stereocenters. The van der Waals surface area contributed by atoms with Crippen molar-refractivity contribution >= 4 is 15.7 Å². The Bertz CT molecular complexity index is 922. The molecule has 3 rings (SSSR count). The maximum absolute atomic E-state index is 12.5. The number of carbonyl (C=O) groups excluding carboxylic acids is 1. The zero-order valence-corrected chi connectivity index (χ0v) is 14.3. The van der Waals surface area contributed by atoms with Crippen LogP contribution in [0.5, 0.6) is 0 Å². The van der Waals surface area contributed by atoms with Crippen molar-refractivity contribution in [3.8, 4) is 11.4 Å². The Morgan fingerprint density at radius 2 is 1.92 bits per heavy atom. The predicted molar refractivity (Wildman–Crippen MR) is 83.9 cm³/mol. The second-order valence-corrected chi connectivity index (χ2v) is 8.20. The summed E-state index contributed by atoms with van der Waals surface area (Å²) in [4.78, 5) is 17.1. The van der Waals surface area contributed by atoms with Gasteiger partial charge in [0.2, 0.25) is 5.82 Å². The molecule has 0 radical (unpaired) electrons. The van der Waals surface area contributed by atoms with E-state index in [1.807, 2.05) is 0 Å². The minimum absolute atomic E-state index is 0.0492. The number of nitrogens with zero attached hydrogens (tertiary/aromatic N) is 3. The molecule has 1 amide bonds. The number of amides is 1. The third-order valence-electron chi connectivity index (χ3n) is 4.14. The average Bonchev–Trinajstić information content (AvgIpc) is 3.20. The van der Waals surface area contributed by atoms with Gasteiger partial charge in [-0.2, -0.15) is 18.2 Å². The minimum Gasteiger partial charge on any atom is -0.338 e. The van der Waals surface area contributed by atoms with E-state index >= 15 is 0 Å². The largest absolute Gasteiger partial charge is 0.471 e. The van der Waals surface area contributed by atoms with E-state index in [4.69, 9.17) is 0 Å². The van der Waals surface area contributed by atoms with Crippen LogP contribution in [0.3, 0.4) is 0 Å². The highest BCUT2D eigenvalue weighted by molar-refractivity contribution is 7.91. The van der Waals surface area contributed by atoms with Gasteiger partial charge >= 0.3 is 12.1 Å². The summed E-state index contributed by atoms with van der Waals surface area (Å²) in [6.07, 6.45) is -4.35. The van der Waals surface area contributed by atoms with E-state index in [9.17, 15) is 26.4 Å². The Labute approximate surface area is 146 Å². The van der Waals surface area contributed by atoms with E-state index in [0.29, 0.717) is 6.42 Å². The van der Waals surface area contributed by atoms with Gasteiger partial charge in [0, 0.05) is 24.2 Å². The monoisotopic (exact) mass is 389 g/mol. The van der Waals surface area contributed by atoms with Crippen molar-refractivity contribution in [2.24, 2.45) is 0 Å². The van der Waals surface area contributed by atoms with Gasteiger partial charge < -0.3 is 9.42 Å². The van der Waals surface area contributed by atoms with E-state index in [-0.39, 0.29) is 34.4 Å². The van der Waals surface area contributed by atoms with Gasteiger partial charge in [0.1, 0.15) is 0 Å². The Morgan fingerprint density at radius 1 is 1.27 bits per heavy atom. The number of aromatic nitrogens is 2. The normalized spacial score (nSPS) is 19.5. The summed E-state index contributed by atoms with van der Waals surface area (Å²) in [6, 6.07) is 5.25. The van der Waals surface area contributed by atoms with Crippen molar-refractivity contribution in [3.63, 3.8) is 0 Å². The SMILES string of the molecule is CN(C(=O)c1ccc(-c2noc(C(F)(F)F)n2)cc1)[C@H]1CCS(=O)(=O)C1. The summed E-state index contributed by atoms with van der Waals surface area (Å²) in [5.74, 6) is -2.09. The van der Waals surface area contributed by atoms with Crippen LogP contribution in [0, 0.1) is 0 Å². The van der Waals surface area contributed by atoms with Crippen LogP contribution in [0.4, 0.5) is 13.2 Å². The van der Waals surface area contributed by atoms with Gasteiger partial charge in [0.05, 0.1) is 11.5 Å². The molecule has 1 aliphatic rings. The predicted octanol–water partition coefficient (Wildman–Crippen LogP) is 2.01. The Balaban J connectivity index is 1.75. The van der Waals surface area contributed by atoms with Crippen molar-refractivity contribution in [1.29, 1.82) is 0 Å². The molecule has 7 nitrogen and oxygen atoms in total. The average molecular weight is 389 g/mol. The van der Waals surface area contributed by atoms with Crippen LogP contribution in [0.15, 0.2) is 28.8 Å². The first kappa shape index (κ1) is 18.4. The summed E-state index contributed by atoms with van der Waals surface area (Å²) < 4.78 is 64.7. The number of carbonyl (C=O) groups is 1. The summed E-state index contributed by atoms with van der Waals surface area (Å²) in [6.45, 7) is 0. The Hall–Kier alpha value is -2.43. The maximum atomic E-state index is 12.5. The number of hydrogen-bond donors (Lipinski definition) is 0. The number of benzene rings is 1. The number of rotatable bonds is 3. The van der Waals surface area contributed by atoms with Crippen LogP contribution in [0.2, 0.25) is 0 Å². The molecular formula is C15H14F3N3O4S. The number of halogens is 3. The van der Waals surface area contributed by atoms with Gasteiger partial charge in [-0.25, -0.2) is 8.42 Å². The van der Waals surface area contributed by atoms with Gasteiger partial charge in [-0.15, -0.1) is 0 Å². The molecule has 0 bridgehead atoms. The summed E-state index contributed by atoms with van der Waals surface area (Å²) >= 11 is 0. The van der Waals surface area contributed by atoms with E-state index in [0.717, 1.165) is 0 Å². The lowest BCUT2D eigenvalue weighted by Crippen LogP contribution is -2.37. The van der Waals surface area contributed by atoms with Gasteiger partial charge in [-0.3, -0.25) is 4.79 Å². The fourth-order valence-corrected chi connectivity index (χ4v) is 4.44. The van der Waals surface area contributed by atoms with Crippen molar-refractivity contribution in [1.82, 2.24) is 15.0 Å². The molecule has 0 N–H and O–H groups in total. The van der Waals surface area contributed by atoms with Gasteiger partial charge in [0.15, 0.2) is 9.84 Å². The van der Waals surface area contributed by atoms with E-state index in [2.05, 4.69) is 14.7 Å². The molecule has 1 aliphatic heterocycles. The standard InChI is InChI=1S/C15H14F3N3O4S/c1-21(11-6-7-26(23,24)8-11)13(22)10-4-2-9(3-5-10)12-19-14(25-20-12)15(16,17)18/h2-5,11H,6-8H2,1H3/t11-/m0/s1. The van der Waals surface area contributed by atoms with Crippen LogP contribution >= 0.6 is 0 Å². The lowest BCUT2D eigenvalue weighted by molar-refractivity contribution is -0.159. The highest BCUT2D eigenvalue weighted by Crippen LogP contribution is 2.29. The van der Waals surface area contributed by atoms with Crippen LogP contribution in [-0.2, 0) is 16.0 Å². The Kier molecular flexibility index (Phi) is 4.51. The van der Waals surface area contributed by atoms with Crippen LogP contribution in [0.1, 0.15) is 22.7 Å². The minimum atomic E-state index is -4.73. The van der Waals surface area contributed by atoms with Crippen LogP contribution < -0.4 is 0 Å². The quantitative estimate of drug-likeness (QED) is 0.797. The molecule has 1 saturated heterocycles. The van der Waals surface area contributed by atoms with E-state index < -0.39 is 27.9 Å². The topological polar surface area (TPSA) is 93.4 Å². The second-order valence-electron chi connectivity index (χ2n) is 5.97. The fraction of sp³-hybridized carbons (Fsp3) is 0.400. The molecule has 1 aromatic heterocycles. The zero-order chi connectivity index (χ0) is 19.1. The molecule has 140 valence electrons. The Morgan fingerprint density at radius 3 is 2.42 bits per heavy atom. The first-order valence-electron chi connectivity index (χ1n) is 7.56. The highest BCUT2D eigenvalue weighted by atomic mass is 32.2. The molecule has 2 aromatic rings. The molecular weight excluding hydrogens is 375 g/mol. The first-order chi connectivity index (χ1) is 12.1. The second kappa shape index (κ2) is 6.38. The summed E-state index contributed by atoms with van der Waals surface area (Å²) in [5, 5.41) is 3.27. The molecule has 0 saturated carbocycles. The van der Waals surface area contributed by atoms with Gasteiger partial charge in [0.25, 0.3) is 5.91 Å². The number of sulfone groups is 1. The smallest absolute Gasteiger partial charge is 0.338 e. The maximum Gasteiger partial charge on any atom is 0.471 e. The van der Waals surface area contributed by atoms with Crippen LogP contribution in [0.25, 0.3) is 11.4 Å². The third kappa shape index (κ3) is 3.71. The molecule has 0 aliphatic carbocycles. The lowest BCUT2D eigenvalue weighted by Gasteiger charge is -2.23. The summed E-state index contributed by atoms with van der Waals surface area (Å²) in [7, 11) is -1.60. The lowest BCUT2D eigenvalue weighted by atomic mass is 10.1. The van der Waals surface area contributed by atoms with Crippen molar-refractivity contribution in [3.05, 3.63) is 35.7 Å². The fourth-order valence-electron chi connectivity index (χ4n) is 2.67. The molecule has 11 heteroatoms. The molecule has 26 heavy (non-hydrogen) atoms. The molecule has 0 unspecified atom stereocenters. The van der Waals surface area contributed by atoms with Gasteiger partial charge in [-0.1, -0.05) is 17.3 Å². The molecule has 0 spiro atoms. The zero-order valence-electron chi connectivity index (χ0n) is 13.5. The van der Waals surface area contributed by atoms with E-state index in [1.54, 1.807) is 0 Å². The number of alkyl halides is 3. The third-order valence-corrected chi connectivity index (χ3v) is 5.89.